The second-order valence-electron chi connectivity index (χ2n) is 5.49. The van der Waals surface area contributed by atoms with Gasteiger partial charge in [-0.25, -0.2) is 4.79 Å². The van der Waals surface area contributed by atoms with E-state index in [-0.39, 0.29) is 18.6 Å². The molecule has 1 saturated heterocycles. The van der Waals surface area contributed by atoms with Gasteiger partial charge in [-0.05, 0) is 32.1 Å². The number of rotatable bonds is 4. The summed E-state index contributed by atoms with van der Waals surface area (Å²) in [6.45, 7) is 8.07. The van der Waals surface area contributed by atoms with E-state index in [1.165, 1.54) is 4.90 Å². The molecule has 1 rings (SSSR count). The summed E-state index contributed by atoms with van der Waals surface area (Å²) in [7, 11) is 0. The molecule has 5 nitrogen and oxygen atoms in total. The molecular weight excluding hydrogens is 222 g/mol. The Morgan fingerprint density at radius 3 is 2.53 bits per heavy atom. The molecule has 0 aromatic rings. The van der Waals surface area contributed by atoms with Gasteiger partial charge in [-0.2, -0.15) is 0 Å². The molecule has 1 heterocycles. The van der Waals surface area contributed by atoms with E-state index >= 15 is 0 Å². The molecule has 0 aromatic heterocycles. The second-order valence-corrected chi connectivity index (χ2v) is 5.49. The Hall–Kier alpha value is -0.810. The fourth-order valence-corrected chi connectivity index (χ4v) is 2.35. The summed E-state index contributed by atoms with van der Waals surface area (Å²) >= 11 is 0. The lowest BCUT2D eigenvalue weighted by Gasteiger charge is -2.32. The standard InChI is InChI=1S/C12H23NO4/c1-8(2)9(6-14)5-10-7-17-12(3,4)13(10)11(15)16/h8-10,14H,5-7H2,1-4H3,(H,15,16). The highest BCUT2D eigenvalue weighted by Gasteiger charge is 2.44. The van der Waals surface area contributed by atoms with E-state index in [9.17, 15) is 15.0 Å². The van der Waals surface area contributed by atoms with Crippen LogP contribution in [-0.2, 0) is 4.74 Å². The van der Waals surface area contributed by atoms with Crippen molar-refractivity contribution in [1.29, 1.82) is 0 Å². The monoisotopic (exact) mass is 245 g/mol. The molecule has 2 N–H and O–H groups in total. The van der Waals surface area contributed by atoms with Gasteiger partial charge in [0.15, 0.2) is 0 Å². The molecule has 1 amide bonds. The Bertz CT molecular complexity index is 278. The van der Waals surface area contributed by atoms with E-state index in [1.807, 2.05) is 13.8 Å². The van der Waals surface area contributed by atoms with E-state index in [1.54, 1.807) is 13.8 Å². The molecule has 2 unspecified atom stereocenters. The van der Waals surface area contributed by atoms with Crippen LogP contribution in [0.4, 0.5) is 4.79 Å². The average molecular weight is 245 g/mol. The Kier molecular flexibility index (Phi) is 4.38. The first-order chi connectivity index (χ1) is 7.79. The first-order valence-corrected chi connectivity index (χ1v) is 6.06. The zero-order valence-corrected chi connectivity index (χ0v) is 11.0. The third-order valence-corrected chi connectivity index (χ3v) is 3.53. The van der Waals surface area contributed by atoms with Crippen molar-refractivity contribution < 1.29 is 19.7 Å². The maximum atomic E-state index is 11.3. The third kappa shape index (κ3) is 3.10. The van der Waals surface area contributed by atoms with Crippen LogP contribution in [0.2, 0.25) is 0 Å². The van der Waals surface area contributed by atoms with Crippen LogP contribution < -0.4 is 0 Å². The van der Waals surface area contributed by atoms with Crippen molar-refractivity contribution in [3.8, 4) is 0 Å². The van der Waals surface area contributed by atoms with Crippen molar-refractivity contribution in [1.82, 2.24) is 4.90 Å². The minimum absolute atomic E-state index is 0.0854. The van der Waals surface area contributed by atoms with Crippen molar-refractivity contribution in [3.63, 3.8) is 0 Å². The fraction of sp³-hybridized carbons (Fsp3) is 0.917. The Labute approximate surface area is 102 Å². The van der Waals surface area contributed by atoms with Crippen LogP contribution in [0.5, 0.6) is 0 Å². The molecule has 1 aliphatic rings. The lowest BCUT2D eigenvalue weighted by Crippen LogP contribution is -2.48. The maximum absolute atomic E-state index is 11.3. The summed E-state index contributed by atoms with van der Waals surface area (Å²) in [5.74, 6) is 0.443. The van der Waals surface area contributed by atoms with Crippen molar-refractivity contribution in [2.75, 3.05) is 13.2 Å². The van der Waals surface area contributed by atoms with Crippen molar-refractivity contribution in [2.24, 2.45) is 11.8 Å². The van der Waals surface area contributed by atoms with Crippen LogP contribution in [0.25, 0.3) is 0 Å². The smallest absolute Gasteiger partial charge is 0.409 e. The lowest BCUT2D eigenvalue weighted by atomic mass is 9.90. The molecule has 2 atom stereocenters. The summed E-state index contributed by atoms with van der Waals surface area (Å²) in [5, 5.41) is 18.5. The van der Waals surface area contributed by atoms with Crippen LogP contribution in [0.15, 0.2) is 0 Å². The van der Waals surface area contributed by atoms with Crippen molar-refractivity contribution in [2.45, 2.75) is 45.9 Å². The molecule has 1 fully saturated rings. The summed E-state index contributed by atoms with van der Waals surface area (Å²) in [6.07, 6.45) is -0.317. The number of nitrogens with zero attached hydrogens (tertiary/aromatic N) is 1. The Morgan fingerprint density at radius 1 is 1.53 bits per heavy atom. The lowest BCUT2D eigenvalue weighted by molar-refractivity contribution is -0.0428. The van der Waals surface area contributed by atoms with Crippen LogP contribution in [-0.4, -0.2) is 46.2 Å². The minimum Gasteiger partial charge on any atom is -0.465 e. The maximum Gasteiger partial charge on any atom is 0.409 e. The van der Waals surface area contributed by atoms with Gasteiger partial charge in [0.05, 0.1) is 12.6 Å². The Balaban J connectivity index is 2.74. The molecule has 0 radical (unpaired) electrons. The molecule has 100 valence electrons. The Morgan fingerprint density at radius 2 is 2.12 bits per heavy atom. The van der Waals surface area contributed by atoms with Gasteiger partial charge in [0, 0.05) is 6.61 Å². The number of carboxylic acid groups (broad SMARTS) is 1. The van der Waals surface area contributed by atoms with Gasteiger partial charge < -0.3 is 14.9 Å². The predicted molar refractivity (Wildman–Crippen MR) is 63.7 cm³/mol. The first kappa shape index (κ1) is 14.3. The summed E-state index contributed by atoms with van der Waals surface area (Å²) in [4.78, 5) is 12.6. The quantitative estimate of drug-likeness (QED) is 0.791. The third-order valence-electron chi connectivity index (χ3n) is 3.53. The fourth-order valence-electron chi connectivity index (χ4n) is 2.35. The van der Waals surface area contributed by atoms with Crippen LogP contribution >= 0.6 is 0 Å². The van der Waals surface area contributed by atoms with Gasteiger partial charge in [0.25, 0.3) is 0 Å². The zero-order valence-electron chi connectivity index (χ0n) is 11.0. The van der Waals surface area contributed by atoms with Crippen LogP contribution in [0.3, 0.4) is 0 Å². The molecule has 0 bridgehead atoms. The minimum atomic E-state index is -0.960. The van der Waals surface area contributed by atoms with Gasteiger partial charge in [-0.3, -0.25) is 4.90 Å². The SMILES string of the molecule is CC(C)C(CO)CC1COC(C)(C)N1C(=O)O. The number of aliphatic hydroxyl groups excluding tert-OH is 1. The number of carbonyl (C=O) groups is 1. The predicted octanol–water partition coefficient (Wildman–Crippen LogP) is 1.76. The van der Waals surface area contributed by atoms with Crippen molar-refractivity contribution >= 4 is 6.09 Å². The number of ether oxygens (including phenoxy) is 1. The molecule has 17 heavy (non-hydrogen) atoms. The van der Waals surface area contributed by atoms with Crippen LogP contribution in [0, 0.1) is 11.8 Å². The number of hydrogen-bond donors (Lipinski definition) is 2. The van der Waals surface area contributed by atoms with Gasteiger partial charge in [0.1, 0.15) is 5.72 Å². The normalized spacial score (nSPS) is 25.3. The summed E-state index contributed by atoms with van der Waals surface area (Å²) in [5.41, 5.74) is -0.770. The molecular formula is C12H23NO4. The molecule has 0 aromatic carbocycles. The molecule has 0 aliphatic carbocycles. The summed E-state index contributed by atoms with van der Waals surface area (Å²) in [6, 6.07) is -0.165. The van der Waals surface area contributed by atoms with E-state index in [2.05, 4.69) is 0 Å². The number of hydrogen-bond acceptors (Lipinski definition) is 3. The molecule has 0 spiro atoms. The van der Waals surface area contributed by atoms with E-state index in [4.69, 9.17) is 4.74 Å². The van der Waals surface area contributed by atoms with Crippen molar-refractivity contribution in [3.05, 3.63) is 0 Å². The van der Waals surface area contributed by atoms with Gasteiger partial charge in [-0.1, -0.05) is 13.8 Å². The molecule has 1 aliphatic heterocycles. The second kappa shape index (κ2) is 5.23. The largest absolute Gasteiger partial charge is 0.465 e. The van der Waals surface area contributed by atoms with E-state index in [0.29, 0.717) is 18.9 Å². The van der Waals surface area contributed by atoms with Gasteiger partial charge >= 0.3 is 6.09 Å². The number of amides is 1. The first-order valence-electron chi connectivity index (χ1n) is 6.06. The highest BCUT2D eigenvalue weighted by atomic mass is 16.5. The van der Waals surface area contributed by atoms with E-state index < -0.39 is 11.8 Å². The van der Waals surface area contributed by atoms with Crippen LogP contribution in [0.1, 0.15) is 34.1 Å². The molecule has 5 heteroatoms. The highest BCUT2D eigenvalue weighted by molar-refractivity contribution is 5.66. The van der Waals surface area contributed by atoms with Gasteiger partial charge in [-0.15, -0.1) is 0 Å². The molecule has 0 saturated carbocycles. The average Bonchev–Trinajstić information content (AvgIpc) is 2.49. The van der Waals surface area contributed by atoms with E-state index in [0.717, 1.165) is 0 Å². The summed E-state index contributed by atoms with van der Waals surface area (Å²) < 4.78 is 5.52. The zero-order chi connectivity index (χ0) is 13.2. The highest BCUT2D eigenvalue weighted by Crippen LogP contribution is 2.31. The topological polar surface area (TPSA) is 70.0 Å². The number of aliphatic hydroxyl groups is 1. The van der Waals surface area contributed by atoms with Gasteiger partial charge in [0.2, 0.25) is 0 Å².